The number of aromatic amines is 1. The van der Waals surface area contributed by atoms with Crippen LogP contribution in [0.4, 0.5) is 0 Å². The molecular weight excluding hydrogens is 322 g/mol. The Kier molecular flexibility index (Phi) is 3.37. The Morgan fingerprint density at radius 2 is 2.06 bits per heavy atom. The predicted molar refractivity (Wildman–Crippen MR) is 72.8 cm³/mol. The number of hydrogen-bond donors (Lipinski definition) is 1. The van der Waals surface area contributed by atoms with E-state index >= 15 is 0 Å². The number of H-pyrrole nitrogens is 1. The Balaban J connectivity index is 2.45. The Labute approximate surface area is 112 Å². The lowest BCUT2D eigenvalue weighted by atomic mass is 10.1. The topological polar surface area (TPSA) is 80.1 Å². The van der Waals surface area contributed by atoms with Crippen LogP contribution in [-0.2, 0) is 9.84 Å². The minimum atomic E-state index is -3.15. The first-order chi connectivity index (χ1) is 8.29. The number of alkyl halides is 1. The summed E-state index contributed by atoms with van der Waals surface area (Å²) in [5.41, 5.74) is 1.77. The van der Waals surface area contributed by atoms with Gasteiger partial charge in [0.05, 0.1) is 15.6 Å². The summed E-state index contributed by atoms with van der Waals surface area (Å²) in [6, 6.07) is 5.11. The average molecular weight is 334 g/mol. The van der Waals surface area contributed by atoms with Gasteiger partial charge in [-0.05, 0) is 24.6 Å². The molecule has 0 aliphatic rings. The van der Waals surface area contributed by atoms with Crippen molar-refractivity contribution in [3.8, 4) is 0 Å². The van der Waals surface area contributed by atoms with Crippen molar-refractivity contribution in [1.29, 1.82) is 0 Å². The van der Waals surface area contributed by atoms with E-state index in [4.69, 9.17) is 4.42 Å². The molecule has 1 aromatic heterocycles. The molecule has 1 heterocycles. The molecule has 0 spiro atoms. The van der Waals surface area contributed by atoms with E-state index in [2.05, 4.69) is 20.9 Å². The maximum atomic E-state index is 11.5. The van der Waals surface area contributed by atoms with Gasteiger partial charge < -0.3 is 4.42 Å². The third-order valence-corrected chi connectivity index (χ3v) is 6.15. The summed E-state index contributed by atoms with van der Waals surface area (Å²) in [5, 5.41) is -0.569. The lowest BCUT2D eigenvalue weighted by molar-refractivity contribution is 0.554. The predicted octanol–water partition coefficient (Wildman–Crippen LogP) is 1.99. The molecule has 2 rings (SSSR count). The first kappa shape index (κ1) is 13.4. The molecule has 0 bridgehead atoms. The fraction of sp³-hybridized carbons (Fsp3) is 0.364. The lowest BCUT2D eigenvalue weighted by Crippen LogP contribution is -2.20. The zero-order chi connectivity index (χ0) is 13.5. The lowest BCUT2D eigenvalue weighted by Gasteiger charge is -2.16. The van der Waals surface area contributed by atoms with E-state index < -0.39 is 20.8 Å². The SMILES string of the molecule is CC(C(Br)c1ccc2[nH]c(=O)oc2c1)S(C)(=O)=O. The van der Waals surface area contributed by atoms with Gasteiger partial charge in [-0.2, -0.15) is 0 Å². The third-order valence-electron chi connectivity index (χ3n) is 2.85. The first-order valence-corrected chi connectivity index (χ1v) is 8.12. The van der Waals surface area contributed by atoms with Crippen molar-refractivity contribution >= 4 is 36.9 Å². The van der Waals surface area contributed by atoms with Gasteiger partial charge >= 0.3 is 5.76 Å². The fourth-order valence-corrected chi connectivity index (χ4v) is 3.67. The minimum Gasteiger partial charge on any atom is -0.408 e. The average Bonchev–Trinajstić information content (AvgIpc) is 2.64. The number of benzene rings is 1. The third kappa shape index (κ3) is 2.51. The van der Waals surface area contributed by atoms with Crippen LogP contribution in [-0.4, -0.2) is 24.9 Å². The van der Waals surface area contributed by atoms with E-state index in [0.29, 0.717) is 11.1 Å². The highest BCUT2D eigenvalue weighted by Gasteiger charge is 2.25. The molecule has 0 amide bonds. The van der Waals surface area contributed by atoms with Gasteiger partial charge in [0.15, 0.2) is 15.4 Å². The molecule has 2 aromatic rings. The van der Waals surface area contributed by atoms with Crippen LogP contribution in [0.1, 0.15) is 17.3 Å². The van der Waals surface area contributed by atoms with Crippen LogP contribution >= 0.6 is 15.9 Å². The second-order valence-corrected chi connectivity index (χ2v) is 7.60. The van der Waals surface area contributed by atoms with Gasteiger partial charge in [0.2, 0.25) is 0 Å². The molecular formula is C11H12BrNO4S. The molecule has 2 atom stereocenters. The van der Waals surface area contributed by atoms with Gasteiger partial charge in [-0.15, -0.1) is 0 Å². The van der Waals surface area contributed by atoms with Crippen LogP contribution in [0.25, 0.3) is 11.1 Å². The van der Waals surface area contributed by atoms with Crippen molar-refractivity contribution in [1.82, 2.24) is 4.98 Å². The highest BCUT2D eigenvalue weighted by Crippen LogP contribution is 2.31. The van der Waals surface area contributed by atoms with Crippen LogP contribution < -0.4 is 5.76 Å². The van der Waals surface area contributed by atoms with Gasteiger partial charge in [0.25, 0.3) is 0 Å². The van der Waals surface area contributed by atoms with Crippen LogP contribution in [0.2, 0.25) is 0 Å². The van der Waals surface area contributed by atoms with Crippen molar-refractivity contribution in [3.63, 3.8) is 0 Å². The van der Waals surface area contributed by atoms with Crippen LogP contribution in [0.5, 0.6) is 0 Å². The van der Waals surface area contributed by atoms with E-state index in [1.165, 1.54) is 6.26 Å². The highest BCUT2D eigenvalue weighted by molar-refractivity contribution is 9.09. The van der Waals surface area contributed by atoms with E-state index in [9.17, 15) is 13.2 Å². The second-order valence-electron chi connectivity index (χ2n) is 4.21. The van der Waals surface area contributed by atoms with Gasteiger partial charge in [0.1, 0.15) is 0 Å². The summed E-state index contributed by atoms with van der Waals surface area (Å²) in [6.07, 6.45) is 1.20. The smallest absolute Gasteiger partial charge is 0.408 e. The standard InChI is InChI=1S/C11H12BrNO4S/c1-6(18(2,15)16)10(12)7-3-4-8-9(5-7)17-11(14)13-8/h3-6,10H,1-2H3,(H,13,14). The maximum absolute atomic E-state index is 11.5. The molecule has 0 saturated carbocycles. The van der Waals surface area contributed by atoms with E-state index in [-0.39, 0.29) is 4.83 Å². The molecule has 0 saturated heterocycles. The zero-order valence-electron chi connectivity index (χ0n) is 9.81. The Hall–Kier alpha value is -1.08. The number of nitrogens with one attached hydrogen (secondary N) is 1. The Bertz CT molecular complexity index is 731. The maximum Gasteiger partial charge on any atom is 0.417 e. The number of oxazole rings is 1. The zero-order valence-corrected chi connectivity index (χ0v) is 12.2. The van der Waals surface area contributed by atoms with Gasteiger partial charge in [-0.1, -0.05) is 22.0 Å². The van der Waals surface area contributed by atoms with Crippen molar-refractivity contribution in [2.75, 3.05) is 6.26 Å². The Morgan fingerprint density at radius 3 is 2.67 bits per heavy atom. The molecule has 0 aliphatic heterocycles. The monoisotopic (exact) mass is 333 g/mol. The first-order valence-electron chi connectivity index (χ1n) is 5.25. The van der Waals surface area contributed by atoms with Crippen LogP contribution in [0.3, 0.4) is 0 Å². The number of halogens is 1. The molecule has 7 heteroatoms. The van der Waals surface area contributed by atoms with Crippen molar-refractivity contribution in [3.05, 3.63) is 34.3 Å². The molecule has 0 radical (unpaired) electrons. The van der Waals surface area contributed by atoms with Crippen molar-refractivity contribution < 1.29 is 12.8 Å². The van der Waals surface area contributed by atoms with Gasteiger partial charge in [-0.3, -0.25) is 4.98 Å². The highest BCUT2D eigenvalue weighted by atomic mass is 79.9. The molecule has 18 heavy (non-hydrogen) atoms. The quantitative estimate of drug-likeness (QED) is 0.871. The molecule has 2 unspecified atom stereocenters. The summed E-state index contributed by atoms with van der Waals surface area (Å²) >= 11 is 3.37. The summed E-state index contributed by atoms with van der Waals surface area (Å²) in [4.78, 5) is 13.2. The Morgan fingerprint density at radius 1 is 1.39 bits per heavy atom. The summed E-state index contributed by atoms with van der Waals surface area (Å²) in [6.45, 7) is 1.63. The van der Waals surface area contributed by atoms with Crippen molar-refractivity contribution in [2.24, 2.45) is 0 Å². The number of aromatic nitrogens is 1. The number of hydrogen-bond acceptors (Lipinski definition) is 4. The summed E-state index contributed by atoms with van der Waals surface area (Å²) in [7, 11) is -3.15. The van der Waals surface area contributed by atoms with Crippen molar-refractivity contribution in [2.45, 2.75) is 17.0 Å². The molecule has 0 fully saturated rings. The number of sulfone groups is 1. The van der Waals surface area contributed by atoms with Gasteiger partial charge in [-0.25, -0.2) is 13.2 Å². The molecule has 1 N–H and O–H groups in total. The second kappa shape index (κ2) is 4.55. The number of rotatable bonds is 3. The minimum absolute atomic E-state index is 0.350. The van der Waals surface area contributed by atoms with Crippen LogP contribution in [0.15, 0.2) is 27.4 Å². The molecule has 1 aromatic carbocycles. The van der Waals surface area contributed by atoms with Crippen LogP contribution in [0, 0.1) is 0 Å². The summed E-state index contributed by atoms with van der Waals surface area (Å²) in [5.74, 6) is -0.524. The fourth-order valence-electron chi connectivity index (χ4n) is 1.62. The van der Waals surface area contributed by atoms with E-state index in [1.54, 1.807) is 25.1 Å². The van der Waals surface area contributed by atoms with Gasteiger partial charge in [0, 0.05) is 6.26 Å². The summed E-state index contributed by atoms with van der Waals surface area (Å²) < 4.78 is 28.0. The largest absolute Gasteiger partial charge is 0.417 e. The normalized spacial score (nSPS) is 15.7. The molecule has 0 aliphatic carbocycles. The van der Waals surface area contributed by atoms with E-state index in [1.807, 2.05) is 0 Å². The molecule has 98 valence electrons. The van der Waals surface area contributed by atoms with E-state index in [0.717, 1.165) is 5.56 Å². The number of fused-ring (bicyclic) bond motifs is 1. The molecule has 5 nitrogen and oxygen atoms in total.